The van der Waals surface area contributed by atoms with Gasteiger partial charge in [-0.2, -0.15) is 0 Å². The van der Waals surface area contributed by atoms with Gasteiger partial charge in [0.25, 0.3) is 0 Å². The highest BCUT2D eigenvalue weighted by atomic mass is 127. The van der Waals surface area contributed by atoms with Crippen molar-refractivity contribution in [2.75, 3.05) is 33.4 Å². The Bertz CT molecular complexity index is 491. The summed E-state index contributed by atoms with van der Waals surface area (Å²) in [6.45, 7) is 5.48. The van der Waals surface area contributed by atoms with E-state index in [0.717, 1.165) is 50.8 Å². The van der Waals surface area contributed by atoms with E-state index in [9.17, 15) is 0 Å². The lowest BCUT2D eigenvalue weighted by molar-refractivity contribution is 0.106. The van der Waals surface area contributed by atoms with E-state index < -0.39 is 0 Å². The van der Waals surface area contributed by atoms with Gasteiger partial charge < -0.3 is 20.1 Å². The largest absolute Gasteiger partial charge is 0.496 e. The van der Waals surface area contributed by atoms with Crippen molar-refractivity contribution in [3.63, 3.8) is 0 Å². The van der Waals surface area contributed by atoms with Gasteiger partial charge in [-0.25, -0.2) is 0 Å². The Labute approximate surface area is 162 Å². The average Bonchev–Trinajstić information content (AvgIpc) is 3.08. The number of benzene rings is 1. The normalized spacial score (nSPS) is 17.2. The smallest absolute Gasteiger partial charge is 0.191 e. The zero-order valence-electron chi connectivity index (χ0n) is 14.7. The fourth-order valence-electron chi connectivity index (χ4n) is 2.76. The summed E-state index contributed by atoms with van der Waals surface area (Å²) in [4.78, 5) is 4.63. The quantitative estimate of drug-likeness (QED) is 0.366. The number of rotatable bonds is 8. The minimum atomic E-state index is 0. The van der Waals surface area contributed by atoms with Gasteiger partial charge in [0.05, 0.1) is 13.2 Å². The van der Waals surface area contributed by atoms with Gasteiger partial charge in [-0.3, -0.25) is 4.99 Å². The summed E-state index contributed by atoms with van der Waals surface area (Å²) >= 11 is 0. The van der Waals surface area contributed by atoms with Crippen LogP contribution in [0, 0.1) is 0 Å². The molecule has 1 atom stereocenters. The van der Waals surface area contributed by atoms with E-state index in [2.05, 4.69) is 28.6 Å². The average molecular weight is 447 g/mol. The fraction of sp³-hybridized carbons (Fsp3) is 0.611. The second-order valence-corrected chi connectivity index (χ2v) is 5.67. The van der Waals surface area contributed by atoms with Crippen molar-refractivity contribution >= 4 is 29.9 Å². The van der Waals surface area contributed by atoms with E-state index in [-0.39, 0.29) is 24.0 Å². The molecule has 1 aromatic rings. The van der Waals surface area contributed by atoms with Crippen LogP contribution in [0.5, 0.6) is 5.75 Å². The SMILES string of the molecule is CCNC(=NCCC1CCCO1)NCCc1ccccc1OC.I. The lowest BCUT2D eigenvalue weighted by Gasteiger charge is -2.13. The summed E-state index contributed by atoms with van der Waals surface area (Å²) in [6, 6.07) is 8.13. The molecule has 1 fully saturated rings. The maximum Gasteiger partial charge on any atom is 0.191 e. The Morgan fingerprint density at radius 3 is 2.88 bits per heavy atom. The molecular weight excluding hydrogens is 417 g/mol. The second-order valence-electron chi connectivity index (χ2n) is 5.67. The van der Waals surface area contributed by atoms with Gasteiger partial charge in [0.15, 0.2) is 5.96 Å². The number of para-hydroxylation sites is 1. The molecule has 5 nitrogen and oxygen atoms in total. The molecule has 2 N–H and O–H groups in total. The van der Waals surface area contributed by atoms with Gasteiger partial charge in [-0.05, 0) is 44.2 Å². The van der Waals surface area contributed by atoms with Gasteiger partial charge >= 0.3 is 0 Å². The van der Waals surface area contributed by atoms with Crippen LogP contribution in [0.25, 0.3) is 0 Å². The number of nitrogens with zero attached hydrogens (tertiary/aromatic N) is 1. The number of hydrogen-bond donors (Lipinski definition) is 2. The van der Waals surface area contributed by atoms with Crippen molar-refractivity contribution in [3.8, 4) is 5.75 Å². The first-order valence-corrected chi connectivity index (χ1v) is 8.59. The van der Waals surface area contributed by atoms with Crippen molar-refractivity contribution in [1.82, 2.24) is 10.6 Å². The Morgan fingerprint density at radius 2 is 2.17 bits per heavy atom. The second kappa shape index (κ2) is 12.4. The number of hydrogen-bond acceptors (Lipinski definition) is 3. The van der Waals surface area contributed by atoms with Crippen LogP contribution in [0.3, 0.4) is 0 Å². The molecule has 24 heavy (non-hydrogen) atoms. The number of halogens is 1. The predicted octanol–water partition coefficient (Wildman–Crippen LogP) is 2.98. The molecule has 1 aliphatic heterocycles. The molecular formula is C18H30IN3O2. The molecule has 0 aliphatic carbocycles. The number of methoxy groups -OCH3 is 1. The van der Waals surface area contributed by atoms with E-state index in [1.54, 1.807) is 7.11 Å². The van der Waals surface area contributed by atoms with Crippen molar-refractivity contribution < 1.29 is 9.47 Å². The topological polar surface area (TPSA) is 54.9 Å². The van der Waals surface area contributed by atoms with Crippen LogP contribution in [0.4, 0.5) is 0 Å². The molecule has 0 aromatic heterocycles. The lowest BCUT2D eigenvalue weighted by Crippen LogP contribution is -2.38. The van der Waals surface area contributed by atoms with Crippen LogP contribution in [-0.2, 0) is 11.2 Å². The zero-order chi connectivity index (χ0) is 16.3. The summed E-state index contributed by atoms with van der Waals surface area (Å²) in [5.74, 6) is 1.81. The molecule has 2 rings (SSSR count). The van der Waals surface area contributed by atoms with E-state index in [1.807, 2.05) is 18.2 Å². The van der Waals surface area contributed by atoms with Gasteiger partial charge in [0.1, 0.15) is 5.75 Å². The summed E-state index contributed by atoms with van der Waals surface area (Å²) in [7, 11) is 1.71. The highest BCUT2D eigenvalue weighted by Crippen LogP contribution is 2.17. The van der Waals surface area contributed by atoms with Gasteiger partial charge in [0, 0.05) is 26.2 Å². The molecule has 1 heterocycles. The third-order valence-electron chi connectivity index (χ3n) is 3.97. The number of aliphatic imine (C=N–C) groups is 1. The molecule has 0 saturated carbocycles. The van der Waals surface area contributed by atoms with E-state index in [4.69, 9.17) is 9.47 Å². The Morgan fingerprint density at radius 1 is 1.33 bits per heavy atom. The van der Waals surface area contributed by atoms with Crippen molar-refractivity contribution in [2.45, 2.75) is 38.7 Å². The summed E-state index contributed by atoms with van der Waals surface area (Å²) in [5.41, 5.74) is 1.21. The third-order valence-corrected chi connectivity index (χ3v) is 3.97. The molecule has 1 aromatic carbocycles. The van der Waals surface area contributed by atoms with Crippen LogP contribution in [0.2, 0.25) is 0 Å². The van der Waals surface area contributed by atoms with Crippen LogP contribution < -0.4 is 15.4 Å². The first kappa shape index (κ1) is 21.0. The van der Waals surface area contributed by atoms with Gasteiger partial charge in [-0.1, -0.05) is 18.2 Å². The zero-order valence-corrected chi connectivity index (χ0v) is 17.0. The van der Waals surface area contributed by atoms with E-state index in [1.165, 1.54) is 18.4 Å². The molecule has 6 heteroatoms. The highest BCUT2D eigenvalue weighted by molar-refractivity contribution is 14.0. The predicted molar refractivity (Wildman–Crippen MR) is 110 cm³/mol. The van der Waals surface area contributed by atoms with Crippen LogP contribution in [-0.4, -0.2) is 45.4 Å². The number of guanidine groups is 1. The maximum absolute atomic E-state index is 5.64. The minimum Gasteiger partial charge on any atom is -0.496 e. The lowest BCUT2D eigenvalue weighted by atomic mass is 10.1. The van der Waals surface area contributed by atoms with Crippen LogP contribution in [0.1, 0.15) is 31.7 Å². The van der Waals surface area contributed by atoms with Gasteiger partial charge in [0.2, 0.25) is 0 Å². The first-order valence-electron chi connectivity index (χ1n) is 8.59. The van der Waals surface area contributed by atoms with Gasteiger partial charge in [-0.15, -0.1) is 24.0 Å². The monoisotopic (exact) mass is 447 g/mol. The van der Waals surface area contributed by atoms with E-state index >= 15 is 0 Å². The summed E-state index contributed by atoms with van der Waals surface area (Å²) in [6.07, 6.45) is 4.66. The van der Waals surface area contributed by atoms with Crippen molar-refractivity contribution in [2.24, 2.45) is 4.99 Å². The molecule has 1 saturated heterocycles. The van der Waals surface area contributed by atoms with E-state index in [0.29, 0.717) is 6.10 Å². The molecule has 136 valence electrons. The number of nitrogens with one attached hydrogen (secondary N) is 2. The minimum absolute atomic E-state index is 0. The maximum atomic E-state index is 5.64. The Hall–Kier alpha value is -1.02. The Balaban J connectivity index is 0.00000288. The first-order chi connectivity index (χ1) is 11.3. The molecule has 1 aliphatic rings. The molecule has 1 unspecified atom stereocenters. The number of ether oxygens (including phenoxy) is 2. The molecule has 0 radical (unpaired) electrons. The molecule has 0 amide bonds. The highest BCUT2D eigenvalue weighted by Gasteiger charge is 2.14. The molecule has 0 spiro atoms. The summed E-state index contributed by atoms with van der Waals surface area (Å²) in [5, 5.41) is 6.68. The molecule has 0 bridgehead atoms. The standard InChI is InChI=1S/C18H29N3O2.HI/c1-3-19-18(21-13-11-16-8-6-14-23-16)20-12-10-15-7-4-5-9-17(15)22-2;/h4-5,7,9,16H,3,6,8,10-14H2,1-2H3,(H2,19,20,21);1H. The summed E-state index contributed by atoms with van der Waals surface area (Å²) < 4.78 is 11.0. The Kier molecular flexibility index (Phi) is 10.8. The van der Waals surface area contributed by atoms with Crippen LogP contribution >= 0.6 is 24.0 Å². The fourth-order valence-corrected chi connectivity index (χ4v) is 2.76. The van der Waals surface area contributed by atoms with Crippen molar-refractivity contribution in [1.29, 1.82) is 0 Å². The third kappa shape index (κ3) is 7.25. The van der Waals surface area contributed by atoms with Crippen LogP contribution in [0.15, 0.2) is 29.3 Å². The van der Waals surface area contributed by atoms with Crippen molar-refractivity contribution in [3.05, 3.63) is 29.8 Å².